The van der Waals surface area contributed by atoms with Crippen LogP contribution in [0.2, 0.25) is 0 Å². The van der Waals surface area contributed by atoms with Gasteiger partial charge in [0, 0.05) is 22.4 Å². The molecule has 0 aromatic heterocycles. The second-order valence-corrected chi connectivity index (χ2v) is 7.17. The predicted molar refractivity (Wildman–Crippen MR) is 127 cm³/mol. The Hall–Kier alpha value is -4.66. The Labute approximate surface area is 196 Å². The van der Waals surface area contributed by atoms with Gasteiger partial charge in [0.05, 0.1) is 20.4 Å². The average molecular weight is 461 g/mol. The topological polar surface area (TPSA) is 126 Å². The van der Waals surface area contributed by atoms with Gasteiger partial charge in [-0.05, 0) is 49.4 Å². The highest BCUT2D eigenvalue weighted by atomic mass is 16.5. The van der Waals surface area contributed by atoms with Gasteiger partial charge >= 0.3 is 5.97 Å². The molecule has 3 aromatic rings. The van der Waals surface area contributed by atoms with Crippen molar-refractivity contribution in [3.63, 3.8) is 0 Å². The van der Waals surface area contributed by atoms with Gasteiger partial charge in [-0.15, -0.1) is 0 Å². The molecule has 3 aromatic carbocycles. The fraction of sp³-hybridized carbons (Fsp3) is 0.120. The van der Waals surface area contributed by atoms with Gasteiger partial charge < -0.3 is 19.9 Å². The lowest BCUT2D eigenvalue weighted by Crippen LogP contribution is -2.18. The van der Waals surface area contributed by atoms with E-state index in [1.807, 2.05) is 19.1 Å². The molecule has 174 valence electrons. The number of hydrogen-bond donors (Lipinski definition) is 3. The van der Waals surface area contributed by atoms with Crippen molar-refractivity contribution in [3.05, 3.63) is 88.5 Å². The van der Waals surface area contributed by atoms with E-state index in [0.717, 1.165) is 5.56 Å². The first-order valence-electron chi connectivity index (χ1n) is 10.1. The van der Waals surface area contributed by atoms with Crippen LogP contribution in [-0.4, -0.2) is 43.3 Å². The van der Waals surface area contributed by atoms with Crippen molar-refractivity contribution in [3.8, 4) is 11.5 Å². The average Bonchev–Trinajstić information content (AvgIpc) is 2.83. The quantitative estimate of drug-likeness (QED) is 0.347. The number of benzene rings is 3. The summed E-state index contributed by atoms with van der Waals surface area (Å²) in [4.78, 5) is 36.7. The zero-order valence-corrected chi connectivity index (χ0v) is 18.8. The molecule has 0 spiro atoms. The number of rotatable bonds is 8. The predicted octanol–water partition coefficient (Wildman–Crippen LogP) is 3.73. The summed E-state index contributed by atoms with van der Waals surface area (Å²) in [7, 11) is 2.73. The first-order chi connectivity index (χ1) is 16.3. The molecule has 0 fully saturated rings. The number of hydrogen-bond acceptors (Lipinski definition) is 6. The van der Waals surface area contributed by atoms with Crippen LogP contribution in [0.4, 0.5) is 5.69 Å². The number of nitrogens with one attached hydrogen (secondary N) is 2. The Morgan fingerprint density at radius 1 is 0.912 bits per heavy atom. The van der Waals surface area contributed by atoms with Crippen LogP contribution in [0.15, 0.2) is 65.8 Å². The smallest absolute Gasteiger partial charge is 0.340 e. The molecule has 0 bridgehead atoms. The van der Waals surface area contributed by atoms with Crippen LogP contribution >= 0.6 is 0 Å². The maximum absolute atomic E-state index is 12.5. The molecule has 9 heteroatoms. The van der Waals surface area contributed by atoms with E-state index in [1.165, 1.54) is 38.6 Å². The number of ether oxygens (including phenoxy) is 2. The van der Waals surface area contributed by atoms with E-state index in [1.54, 1.807) is 30.3 Å². The Balaban J connectivity index is 1.73. The van der Waals surface area contributed by atoms with Gasteiger partial charge in [0.2, 0.25) is 0 Å². The fourth-order valence-electron chi connectivity index (χ4n) is 3.14. The Morgan fingerprint density at radius 3 is 2.29 bits per heavy atom. The SMILES string of the molecule is COc1ccc(/C=N\NC(=O)c2cccc(NC(=O)c3ccc(C)cc3)c2)c(C(=O)O)c1OC. The number of carbonyl (C=O) groups is 3. The van der Waals surface area contributed by atoms with E-state index in [-0.39, 0.29) is 34.1 Å². The molecule has 9 nitrogen and oxygen atoms in total. The van der Waals surface area contributed by atoms with Crippen LogP contribution in [0.5, 0.6) is 11.5 Å². The lowest BCUT2D eigenvalue weighted by atomic mass is 10.1. The molecule has 0 radical (unpaired) electrons. The minimum atomic E-state index is -1.24. The number of aromatic carboxylic acids is 1. The zero-order valence-electron chi connectivity index (χ0n) is 18.8. The summed E-state index contributed by atoms with van der Waals surface area (Å²) >= 11 is 0. The number of nitrogens with zero attached hydrogens (tertiary/aromatic N) is 1. The van der Waals surface area contributed by atoms with Crippen LogP contribution in [0, 0.1) is 6.92 Å². The summed E-state index contributed by atoms with van der Waals surface area (Å²) in [6.07, 6.45) is 1.20. The molecular formula is C25H23N3O6. The van der Waals surface area contributed by atoms with Crippen LogP contribution < -0.4 is 20.2 Å². The lowest BCUT2D eigenvalue weighted by Gasteiger charge is -2.12. The van der Waals surface area contributed by atoms with Gasteiger partial charge in [0.15, 0.2) is 11.5 Å². The van der Waals surface area contributed by atoms with Crippen molar-refractivity contribution in [2.45, 2.75) is 6.92 Å². The van der Waals surface area contributed by atoms with Gasteiger partial charge in [0.1, 0.15) is 5.56 Å². The molecule has 0 saturated heterocycles. The number of carbonyl (C=O) groups excluding carboxylic acids is 2. The number of aryl methyl sites for hydroxylation is 1. The first-order valence-corrected chi connectivity index (χ1v) is 10.1. The molecular weight excluding hydrogens is 438 g/mol. The van der Waals surface area contributed by atoms with Crippen molar-refractivity contribution in [1.29, 1.82) is 0 Å². The lowest BCUT2D eigenvalue weighted by molar-refractivity contribution is 0.0692. The molecule has 0 aliphatic carbocycles. The highest BCUT2D eigenvalue weighted by Crippen LogP contribution is 2.32. The third kappa shape index (κ3) is 5.57. The number of methoxy groups -OCH3 is 2. The van der Waals surface area contributed by atoms with E-state index in [9.17, 15) is 19.5 Å². The summed E-state index contributed by atoms with van der Waals surface area (Å²) < 4.78 is 10.3. The molecule has 0 atom stereocenters. The Bertz CT molecular complexity index is 1250. The van der Waals surface area contributed by atoms with E-state index in [2.05, 4.69) is 15.8 Å². The highest BCUT2D eigenvalue weighted by Gasteiger charge is 2.20. The van der Waals surface area contributed by atoms with E-state index in [4.69, 9.17) is 9.47 Å². The van der Waals surface area contributed by atoms with E-state index >= 15 is 0 Å². The van der Waals surface area contributed by atoms with Crippen molar-refractivity contribution in [1.82, 2.24) is 5.43 Å². The third-order valence-corrected chi connectivity index (χ3v) is 4.86. The van der Waals surface area contributed by atoms with Crippen LogP contribution in [0.3, 0.4) is 0 Å². The molecule has 0 aliphatic rings. The van der Waals surface area contributed by atoms with Crippen molar-refractivity contribution in [2.75, 3.05) is 19.5 Å². The maximum Gasteiger partial charge on any atom is 0.340 e. The molecule has 3 N–H and O–H groups in total. The van der Waals surface area contributed by atoms with Gasteiger partial charge in [-0.2, -0.15) is 5.10 Å². The van der Waals surface area contributed by atoms with E-state index in [0.29, 0.717) is 11.3 Å². The van der Waals surface area contributed by atoms with Crippen molar-refractivity contribution >= 4 is 29.7 Å². The molecule has 0 heterocycles. The van der Waals surface area contributed by atoms with Gasteiger partial charge in [0.25, 0.3) is 11.8 Å². The molecule has 0 aliphatic heterocycles. The molecule has 0 saturated carbocycles. The summed E-state index contributed by atoms with van der Waals surface area (Å²) in [6, 6.07) is 16.5. The second kappa shape index (κ2) is 10.8. The fourth-order valence-corrected chi connectivity index (χ4v) is 3.14. The van der Waals surface area contributed by atoms with Crippen LogP contribution in [0.1, 0.15) is 42.2 Å². The second-order valence-electron chi connectivity index (χ2n) is 7.17. The van der Waals surface area contributed by atoms with Gasteiger partial charge in [-0.1, -0.05) is 23.8 Å². The monoisotopic (exact) mass is 461 g/mol. The first kappa shape index (κ1) is 24.0. The Morgan fingerprint density at radius 2 is 1.65 bits per heavy atom. The molecule has 34 heavy (non-hydrogen) atoms. The van der Waals surface area contributed by atoms with Crippen molar-refractivity contribution in [2.24, 2.45) is 5.10 Å². The molecule has 3 rings (SSSR count). The number of amides is 2. The Kier molecular flexibility index (Phi) is 7.60. The largest absolute Gasteiger partial charge is 0.493 e. The van der Waals surface area contributed by atoms with E-state index < -0.39 is 11.9 Å². The normalized spacial score (nSPS) is 10.6. The molecule has 2 amide bonds. The van der Waals surface area contributed by atoms with Crippen LogP contribution in [0.25, 0.3) is 0 Å². The minimum Gasteiger partial charge on any atom is -0.493 e. The summed E-state index contributed by atoms with van der Waals surface area (Å²) in [5, 5.41) is 16.2. The number of anilines is 1. The van der Waals surface area contributed by atoms with Crippen molar-refractivity contribution < 1.29 is 29.0 Å². The van der Waals surface area contributed by atoms with Gasteiger partial charge in [-0.3, -0.25) is 9.59 Å². The number of carboxylic acids is 1. The summed E-state index contributed by atoms with van der Waals surface area (Å²) in [5.74, 6) is -1.78. The summed E-state index contributed by atoms with van der Waals surface area (Å²) in [6.45, 7) is 1.93. The van der Waals surface area contributed by atoms with Crippen LogP contribution in [-0.2, 0) is 0 Å². The highest BCUT2D eigenvalue weighted by molar-refractivity contribution is 6.05. The molecule has 0 unspecified atom stereocenters. The third-order valence-electron chi connectivity index (χ3n) is 4.86. The number of hydrazone groups is 1. The maximum atomic E-state index is 12.5. The minimum absolute atomic E-state index is 0.0438. The summed E-state index contributed by atoms with van der Waals surface area (Å²) in [5.41, 5.74) is 4.64. The van der Waals surface area contributed by atoms with Gasteiger partial charge in [-0.25, -0.2) is 10.2 Å². The zero-order chi connectivity index (χ0) is 24.7. The standard InChI is InChI=1S/C25H23N3O6/c1-15-7-9-16(10-8-15)23(29)27-19-6-4-5-17(13-19)24(30)28-26-14-18-11-12-20(33-2)22(34-3)21(18)25(31)32/h4-14H,1-3H3,(H,27,29)(H,28,30)(H,31,32)/b26-14-. The number of carboxylic acid groups (broad SMARTS) is 1.